The van der Waals surface area contributed by atoms with Crippen LogP contribution in [-0.2, 0) is 9.47 Å². The maximum atomic E-state index is 5.53. The minimum absolute atomic E-state index is 0.208. The number of ether oxygens (including phenoxy) is 2. The zero-order valence-electron chi connectivity index (χ0n) is 9.96. The summed E-state index contributed by atoms with van der Waals surface area (Å²) in [7, 11) is 0. The fourth-order valence-corrected chi connectivity index (χ4v) is 0.890. The molecule has 0 aliphatic heterocycles. The van der Waals surface area contributed by atoms with Crippen molar-refractivity contribution >= 4 is 0 Å². The Labute approximate surface area is 87.6 Å². The van der Waals surface area contributed by atoms with Crippen molar-refractivity contribution in [3.05, 3.63) is 23.3 Å². The van der Waals surface area contributed by atoms with Gasteiger partial charge in [0.2, 0.25) is 0 Å². The Morgan fingerprint density at radius 2 is 1.71 bits per heavy atom. The summed E-state index contributed by atoms with van der Waals surface area (Å²) in [4.78, 5) is 0. The van der Waals surface area contributed by atoms with Gasteiger partial charge < -0.3 is 9.47 Å². The molecule has 2 nitrogen and oxygen atoms in total. The minimum atomic E-state index is -0.208. The molecule has 0 heterocycles. The molecule has 0 N–H and O–H groups in total. The lowest BCUT2D eigenvalue weighted by atomic mass is 10.3. The highest BCUT2D eigenvalue weighted by Crippen LogP contribution is 2.02. The molecule has 0 aromatic rings. The normalized spacial score (nSPS) is 12.1. The molecule has 0 aliphatic carbocycles. The van der Waals surface area contributed by atoms with Crippen LogP contribution in [0.3, 0.4) is 0 Å². The molecule has 1 unspecified atom stereocenters. The number of hydrogen-bond acceptors (Lipinski definition) is 2. The van der Waals surface area contributed by atoms with E-state index in [9.17, 15) is 0 Å². The van der Waals surface area contributed by atoms with Crippen LogP contribution in [0.4, 0.5) is 0 Å². The van der Waals surface area contributed by atoms with Crippen LogP contribution in [-0.4, -0.2) is 19.5 Å². The first-order valence-electron chi connectivity index (χ1n) is 5.07. The Bertz CT molecular complexity index is 196. The van der Waals surface area contributed by atoms with Crippen molar-refractivity contribution in [1.82, 2.24) is 0 Å². The highest BCUT2D eigenvalue weighted by molar-refractivity contribution is 4.97. The van der Waals surface area contributed by atoms with Crippen molar-refractivity contribution in [3.63, 3.8) is 0 Å². The first-order chi connectivity index (χ1) is 6.56. The molecule has 0 amide bonds. The molecule has 1 atom stereocenters. The molecule has 14 heavy (non-hydrogen) atoms. The van der Waals surface area contributed by atoms with Crippen LogP contribution in [0.1, 0.15) is 34.6 Å². The second-order valence-corrected chi connectivity index (χ2v) is 3.68. The molecule has 0 spiro atoms. The van der Waals surface area contributed by atoms with Gasteiger partial charge in [0.1, 0.15) is 0 Å². The molecule has 0 saturated carbocycles. The quantitative estimate of drug-likeness (QED) is 0.481. The molecule has 2 heteroatoms. The number of allylic oxidation sites excluding steroid dienone is 2. The second kappa shape index (κ2) is 7.77. The Hall–Kier alpha value is -0.600. The predicted molar refractivity (Wildman–Crippen MR) is 60.2 cm³/mol. The third-order valence-electron chi connectivity index (χ3n) is 1.55. The Kier molecular flexibility index (Phi) is 7.44. The van der Waals surface area contributed by atoms with Gasteiger partial charge in [0.15, 0.2) is 6.29 Å². The predicted octanol–water partition coefficient (Wildman–Crippen LogP) is 3.30. The van der Waals surface area contributed by atoms with Crippen molar-refractivity contribution in [2.75, 3.05) is 13.2 Å². The van der Waals surface area contributed by atoms with Gasteiger partial charge in [-0.1, -0.05) is 17.2 Å². The topological polar surface area (TPSA) is 18.5 Å². The van der Waals surface area contributed by atoms with Gasteiger partial charge in [-0.3, -0.25) is 0 Å². The van der Waals surface area contributed by atoms with Crippen LogP contribution < -0.4 is 0 Å². The van der Waals surface area contributed by atoms with Crippen LogP contribution in [0.15, 0.2) is 23.3 Å². The monoisotopic (exact) mass is 198 g/mol. The van der Waals surface area contributed by atoms with E-state index in [4.69, 9.17) is 9.47 Å². The van der Waals surface area contributed by atoms with E-state index in [-0.39, 0.29) is 6.29 Å². The molecule has 0 rings (SSSR count). The molecular formula is C12H22O2. The minimum Gasteiger partial charge on any atom is -0.349 e. The van der Waals surface area contributed by atoms with Gasteiger partial charge in [-0.2, -0.15) is 0 Å². The largest absolute Gasteiger partial charge is 0.349 e. The molecule has 0 aromatic carbocycles. The summed E-state index contributed by atoms with van der Waals surface area (Å²) in [6.45, 7) is 11.4. The molecule has 0 bridgehead atoms. The van der Waals surface area contributed by atoms with E-state index in [0.717, 1.165) is 0 Å². The summed E-state index contributed by atoms with van der Waals surface area (Å²) < 4.78 is 10.9. The van der Waals surface area contributed by atoms with Crippen LogP contribution in [0.5, 0.6) is 0 Å². The van der Waals surface area contributed by atoms with E-state index in [2.05, 4.69) is 13.8 Å². The van der Waals surface area contributed by atoms with Crippen molar-refractivity contribution in [3.8, 4) is 0 Å². The smallest absolute Gasteiger partial charge is 0.177 e. The van der Waals surface area contributed by atoms with Crippen LogP contribution >= 0.6 is 0 Å². The third kappa shape index (κ3) is 8.02. The Balaban J connectivity index is 3.97. The fourth-order valence-electron chi connectivity index (χ4n) is 0.890. The standard InChI is InChI=1S/C12H22O2/c1-6-13-12(9-11(4)5)14-8-7-10(2)3/h7,9,12H,6,8H2,1-5H3. The van der Waals surface area contributed by atoms with Gasteiger partial charge in [0.25, 0.3) is 0 Å². The van der Waals surface area contributed by atoms with Gasteiger partial charge in [0, 0.05) is 6.61 Å². The van der Waals surface area contributed by atoms with Gasteiger partial charge in [-0.25, -0.2) is 0 Å². The third-order valence-corrected chi connectivity index (χ3v) is 1.55. The van der Waals surface area contributed by atoms with E-state index in [1.165, 1.54) is 11.1 Å². The molecule has 0 aromatic heterocycles. The van der Waals surface area contributed by atoms with Crippen LogP contribution in [0.2, 0.25) is 0 Å². The number of hydrogen-bond donors (Lipinski definition) is 0. The van der Waals surface area contributed by atoms with E-state index in [1.807, 2.05) is 32.9 Å². The summed E-state index contributed by atoms with van der Waals surface area (Å²) >= 11 is 0. The summed E-state index contributed by atoms with van der Waals surface area (Å²) in [5.41, 5.74) is 2.47. The summed E-state index contributed by atoms with van der Waals surface area (Å²) in [5, 5.41) is 0. The van der Waals surface area contributed by atoms with Crippen molar-refractivity contribution in [2.24, 2.45) is 0 Å². The lowest BCUT2D eigenvalue weighted by Gasteiger charge is -2.13. The summed E-state index contributed by atoms with van der Waals surface area (Å²) in [6.07, 6.45) is 3.83. The van der Waals surface area contributed by atoms with Gasteiger partial charge in [-0.15, -0.1) is 0 Å². The second-order valence-electron chi connectivity index (χ2n) is 3.68. The average Bonchev–Trinajstić information content (AvgIpc) is 2.02. The Morgan fingerprint density at radius 1 is 1.07 bits per heavy atom. The maximum absolute atomic E-state index is 5.53. The highest BCUT2D eigenvalue weighted by Gasteiger charge is 2.02. The molecule has 0 radical (unpaired) electrons. The molecule has 0 saturated heterocycles. The van der Waals surface area contributed by atoms with Crippen molar-refractivity contribution in [2.45, 2.75) is 40.9 Å². The maximum Gasteiger partial charge on any atom is 0.177 e. The van der Waals surface area contributed by atoms with E-state index >= 15 is 0 Å². The molecular weight excluding hydrogens is 176 g/mol. The summed E-state index contributed by atoms with van der Waals surface area (Å²) in [5.74, 6) is 0. The Morgan fingerprint density at radius 3 is 2.14 bits per heavy atom. The van der Waals surface area contributed by atoms with E-state index in [0.29, 0.717) is 13.2 Å². The van der Waals surface area contributed by atoms with Crippen LogP contribution in [0.25, 0.3) is 0 Å². The molecule has 82 valence electrons. The van der Waals surface area contributed by atoms with Crippen LogP contribution in [0, 0.1) is 0 Å². The van der Waals surface area contributed by atoms with Gasteiger partial charge in [-0.05, 0) is 40.7 Å². The average molecular weight is 198 g/mol. The first kappa shape index (κ1) is 13.4. The molecule has 0 fully saturated rings. The van der Waals surface area contributed by atoms with Gasteiger partial charge >= 0.3 is 0 Å². The molecule has 0 aliphatic rings. The van der Waals surface area contributed by atoms with Crippen molar-refractivity contribution < 1.29 is 9.47 Å². The highest BCUT2D eigenvalue weighted by atomic mass is 16.7. The zero-order valence-corrected chi connectivity index (χ0v) is 9.96. The lowest BCUT2D eigenvalue weighted by molar-refractivity contribution is -0.0991. The zero-order chi connectivity index (χ0) is 11.0. The fraction of sp³-hybridized carbons (Fsp3) is 0.667. The first-order valence-corrected chi connectivity index (χ1v) is 5.07. The lowest BCUT2D eigenvalue weighted by Crippen LogP contribution is -2.15. The SMILES string of the molecule is CCOC(C=C(C)C)OCC=C(C)C. The van der Waals surface area contributed by atoms with E-state index in [1.54, 1.807) is 0 Å². The van der Waals surface area contributed by atoms with E-state index < -0.39 is 0 Å². The van der Waals surface area contributed by atoms with Crippen molar-refractivity contribution in [1.29, 1.82) is 0 Å². The van der Waals surface area contributed by atoms with Gasteiger partial charge in [0.05, 0.1) is 6.61 Å². The summed E-state index contributed by atoms with van der Waals surface area (Å²) in [6, 6.07) is 0. The number of rotatable bonds is 6.